The van der Waals surface area contributed by atoms with E-state index in [-0.39, 0.29) is 41.0 Å². The van der Waals surface area contributed by atoms with Crippen LogP contribution in [0.5, 0.6) is 0 Å². The van der Waals surface area contributed by atoms with Crippen LogP contribution in [-0.4, -0.2) is 36.9 Å². The molecule has 158 valence electrons. The summed E-state index contributed by atoms with van der Waals surface area (Å²) >= 11 is 0. The van der Waals surface area contributed by atoms with E-state index in [9.17, 15) is 13.2 Å². The molecule has 7 nitrogen and oxygen atoms in total. The van der Waals surface area contributed by atoms with Gasteiger partial charge in [-0.15, -0.1) is 0 Å². The Morgan fingerprint density at radius 2 is 1.93 bits per heavy atom. The van der Waals surface area contributed by atoms with Crippen LogP contribution in [0, 0.1) is 25.7 Å². The maximum absolute atomic E-state index is 13.1. The second kappa shape index (κ2) is 8.67. The van der Waals surface area contributed by atoms with E-state index in [2.05, 4.69) is 24.3 Å². The smallest absolute Gasteiger partial charge is 0.248 e. The quantitative estimate of drug-likeness (QED) is 0.776. The van der Waals surface area contributed by atoms with E-state index < -0.39 is 10.0 Å². The van der Waals surface area contributed by atoms with Crippen LogP contribution >= 0.6 is 0 Å². The Bertz CT molecular complexity index is 934. The highest BCUT2D eigenvalue weighted by atomic mass is 32.2. The number of amides is 1. The van der Waals surface area contributed by atoms with Crippen LogP contribution in [0.3, 0.4) is 0 Å². The van der Waals surface area contributed by atoms with E-state index in [0.29, 0.717) is 25.1 Å². The number of carbonyl (C=O) groups excluding carboxylic acids is 1. The first-order chi connectivity index (χ1) is 13.7. The predicted molar refractivity (Wildman–Crippen MR) is 110 cm³/mol. The zero-order valence-electron chi connectivity index (χ0n) is 17.4. The Kier molecular flexibility index (Phi) is 6.43. The van der Waals surface area contributed by atoms with Crippen molar-refractivity contribution in [3.8, 4) is 0 Å². The highest BCUT2D eigenvalue weighted by Crippen LogP contribution is 2.29. The van der Waals surface area contributed by atoms with Crippen LogP contribution in [0.2, 0.25) is 0 Å². The lowest BCUT2D eigenvalue weighted by atomic mass is 9.93. The number of piperidine rings is 1. The number of rotatable bonds is 6. The normalized spacial score (nSPS) is 19.3. The SMILES string of the molecule is Cc1noc(C)c1S(=O)(=O)N1CCCC(C(=O)NC(c2ccccc2)C(C)C)C1. The second-order valence-electron chi connectivity index (χ2n) is 8.00. The summed E-state index contributed by atoms with van der Waals surface area (Å²) in [6, 6.07) is 9.74. The van der Waals surface area contributed by atoms with E-state index in [4.69, 9.17) is 4.52 Å². The zero-order valence-corrected chi connectivity index (χ0v) is 18.2. The number of aromatic nitrogens is 1. The van der Waals surface area contributed by atoms with Crippen molar-refractivity contribution in [3.63, 3.8) is 0 Å². The molecule has 2 aromatic rings. The van der Waals surface area contributed by atoms with Crippen molar-refractivity contribution in [2.24, 2.45) is 11.8 Å². The average Bonchev–Trinajstić information content (AvgIpc) is 3.05. The van der Waals surface area contributed by atoms with E-state index in [1.165, 1.54) is 4.31 Å². The summed E-state index contributed by atoms with van der Waals surface area (Å²) in [5, 5.41) is 6.90. The number of sulfonamides is 1. The van der Waals surface area contributed by atoms with Gasteiger partial charge in [0.2, 0.25) is 15.9 Å². The number of nitrogens with one attached hydrogen (secondary N) is 1. The number of nitrogens with zero attached hydrogens (tertiary/aromatic N) is 2. The summed E-state index contributed by atoms with van der Waals surface area (Å²) in [6.45, 7) is 7.89. The Morgan fingerprint density at radius 1 is 1.24 bits per heavy atom. The maximum atomic E-state index is 13.1. The monoisotopic (exact) mass is 419 g/mol. The number of hydrogen-bond acceptors (Lipinski definition) is 5. The topological polar surface area (TPSA) is 92.5 Å². The summed E-state index contributed by atoms with van der Waals surface area (Å²) in [4.78, 5) is 13.1. The summed E-state index contributed by atoms with van der Waals surface area (Å²) < 4.78 is 32.6. The molecule has 1 saturated heterocycles. The third-order valence-electron chi connectivity index (χ3n) is 5.44. The van der Waals surface area contributed by atoms with Crippen molar-refractivity contribution >= 4 is 15.9 Å². The molecule has 1 amide bonds. The third kappa shape index (κ3) is 4.53. The average molecular weight is 420 g/mol. The molecule has 1 fully saturated rings. The van der Waals surface area contributed by atoms with Gasteiger partial charge in [-0.1, -0.05) is 49.3 Å². The van der Waals surface area contributed by atoms with Crippen LogP contribution < -0.4 is 5.32 Å². The minimum atomic E-state index is -3.75. The largest absolute Gasteiger partial charge is 0.360 e. The molecule has 3 rings (SSSR count). The molecule has 0 saturated carbocycles. The van der Waals surface area contributed by atoms with Crippen molar-refractivity contribution < 1.29 is 17.7 Å². The fraction of sp³-hybridized carbons (Fsp3) is 0.524. The van der Waals surface area contributed by atoms with Gasteiger partial charge >= 0.3 is 0 Å². The van der Waals surface area contributed by atoms with Gasteiger partial charge in [-0.05, 0) is 38.2 Å². The van der Waals surface area contributed by atoms with Gasteiger partial charge in [0.1, 0.15) is 10.6 Å². The molecule has 0 aliphatic carbocycles. The van der Waals surface area contributed by atoms with Crippen molar-refractivity contribution in [2.45, 2.75) is 51.5 Å². The molecule has 0 spiro atoms. The van der Waals surface area contributed by atoms with E-state index >= 15 is 0 Å². The lowest BCUT2D eigenvalue weighted by molar-refractivity contribution is -0.127. The lowest BCUT2D eigenvalue weighted by Gasteiger charge is -2.32. The van der Waals surface area contributed by atoms with Crippen molar-refractivity contribution in [3.05, 3.63) is 47.3 Å². The molecule has 29 heavy (non-hydrogen) atoms. The summed E-state index contributed by atoms with van der Waals surface area (Å²) in [6.07, 6.45) is 1.30. The van der Waals surface area contributed by atoms with Crippen molar-refractivity contribution in [1.29, 1.82) is 0 Å². The fourth-order valence-corrected chi connectivity index (χ4v) is 5.73. The molecule has 8 heteroatoms. The standard InChI is InChI=1S/C21H29N3O4S/c1-14(2)19(17-9-6-5-7-10-17)22-21(25)18-11-8-12-24(13-18)29(26,27)20-15(3)23-28-16(20)4/h5-7,9-10,14,18-19H,8,11-13H2,1-4H3,(H,22,25). The predicted octanol–water partition coefficient (Wildman–Crippen LogP) is 3.21. The number of hydrogen-bond donors (Lipinski definition) is 1. The molecular weight excluding hydrogens is 390 g/mol. The second-order valence-corrected chi connectivity index (χ2v) is 9.87. The van der Waals surface area contributed by atoms with Gasteiger partial charge in [0, 0.05) is 13.1 Å². The molecule has 2 atom stereocenters. The van der Waals surface area contributed by atoms with E-state index in [0.717, 1.165) is 5.56 Å². The highest BCUT2D eigenvalue weighted by molar-refractivity contribution is 7.89. The van der Waals surface area contributed by atoms with Crippen LogP contribution in [0.4, 0.5) is 0 Å². The minimum Gasteiger partial charge on any atom is -0.360 e. The van der Waals surface area contributed by atoms with Crippen molar-refractivity contribution in [1.82, 2.24) is 14.8 Å². The fourth-order valence-electron chi connectivity index (χ4n) is 3.91. The number of aryl methyl sites for hydroxylation is 2. The van der Waals surface area contributed by atoms with Crippen LogP contribution in [-0.2, 0) is 14.8 Å². The first-order valence-corrected chi connectivity index (χ1v) is 11.4. The molecule has 2 unspecified atom stereocenters. The summed E-state index contributed by atoms with van der Waals surface area (Å²) in [5.41, 5.74) is 1.39. The first-order valence-electron chi connectivity index (χ1n) is 10.00. The summed E-state index contributed by atoms with van der Waals surface area (Å²) in [7, 11) is -3.75. The van der Waals surface area contributed by atoms with Crippen molar-refractivity contribution in [2.75, 3.05) is 13.1 Å². The minimum absolute atomic E-state index is 0.105. The Balaban J connectivity index is 1.76. The lowest BCUT2D eigenvalue weighted by Crippen LogP contribution is -2.46. The highest BCUT2D eigenvalue weighted by Gasteiger charge is 2.37. The van der Waals surface area contributed by atoms with Gasteiger partial charge < -0.3 is 9.84 Å². The van der Waals surface area contributed by atoms with E-state index in [1.54, 1.807) is 13.8 Å². The van der Waals surface area contributed by atoms with Gasteiger partial charge in [-0.2, -0.15) is 4.31 Å². The summed E-state index contributed by atoms with van der Waals surface area (Å²) in [5.74, 6) is 0.000259. The van der Waals surface area contributed by atoms with Gasteiger partial charge in [-0.25, -0.2) is 8.42 Å². The van der Waals surface area contributed by atoms with Crippen LogP contribution in [0.25, 0.3) is 0 Å². The van der Waals surface area contributed by atoms with Gasteiger partial charge in [-0.3, -0.25) is 4.79 Å². The Hall–Kier alpha value is -2.19. The molecule has 1 aliphatic rings. The Morgan fingerprint density at radius 3 is 2.52 bits per heavy atom. The molecule has 0 bridgehead atoms. The first kappa shape index (κ1) is 21.5. The number of carbonyl (C=O) groups is 1. The maximum Gasteiger partial charge on any atom is 0.248 e. The van der Waals surface area contributed by atoms with Gasteiger partial charge in [0.15, 0.2) is 5.76 Å². The zero-order chi connectivity index (χ0) is 21.2. The molecule has 0 radical (unpaired) electrons. The molecular formula is C21H29N3O4S. The van der Waals surface area contributed by atoms with Crippen LogP contribution in [0.1, 0.15) is 49.7 Å². The number of benzene rings is 1. The van der Waals surface area contributed by atoms with Crippen LogP contribution in [0.15, 0.2) is 39.8 Å². The Labute approximate surface area is 172 Å². The molecule has 1 aromatic heterocycles. The van der Waals surface area contributed by atoms with E-state index in [1.807, 2.05) is 30.3 Å². The molecule has 1 aromatic carbocycles. The molecule has 1 aliphatic heterocycles. The third-order valence-corrected chi connectivity index (χ3v) is 7.55. The molecule has 1 N–H and O–H groups in total. The molecule has 2 heterocycles. The van der Waals surface area contributed by atoms with Gasteiger partial charge in [0.25, 0.3) is 0 Å². The van der Waals surface area contributed by atoms with Gasteiger partial charge in [0.05, 0.1) is 12.0 Å².